The standard InChI is InChI=1S/C18H19F2N5O2.ClH/c1-4-12-7-11(5-6-21-12)13-9-16(27-24-13)10(2)22-18(26)15-8-14(17(19)20)23-25(15)3;/h5-10,17H,4H2,1-3H3,(H,22,26);1H/t10-;/m0./s1. The van der Waals surface area contributed by atoms with Crippen molar-refractivity contribution in [2.75, 3.05) is 0 Å². The number of carbonyl (C=O) groups is 1. The summed E-state index contributed by atoms with van der Waals surface area (Å²) in [6.45, 7) is 3.73. The lowest BCUT2D eigenvalue weighted by molar-refractivity contribution is 0.0924. The van der Waals surface area contributed by atoms with Crippen LogP contribution in [0.1, 0.15) is 54.0 Å². The number of amides is 1. The van der Waals surface area contributed by atoms with Crippen molar-refractivity contribution >= 4 is 18.3 Å². The molecule has 0 bridgehead atoms. The molecular weight excluding hydrogens is 392 g/mol. The monoisotopic (exact) mass is 411 g/mol. The van der Waals surface area contributed by atoms with Crippen LogP contribution in [0.3, 0.4) is 0 Å². The predicted octanol–water partition coefficient (Wildman–Crippen LogP) is 3.88. The van der Waals surface area contributed by atoms with Crippen molar-refractivity contribution < 1.29 is 18.1 Å². The quantitative estimate of drug-likeness (QED) is 0.665. The van der Waals surface area contributed by atoms with Gasteiger partial charge in [-0.15, -0.1) is 12.4 Å². The normalized spacial score (nSPS) is 11.9. The van der Waals surface area contributed by atoms with Crippen LogP contribution in [0.25, 0.3) is 11.3 Å². The van der Waals surface area contributed by atoms with Gasteiger partial charge in [-0.3, -0.25) is 14.5 Å². The topological polar surface area (TPSA) is 85.8 Å². The minimum absolute atomic E-state index is 0. The van der Waals surface area contributed by atoms with Gasteiger partial charge in [0.25, 0.3) is 12.3 Å². The number of halogens is 3. The highest BCUT2D eigenvalue weighted by atomic mass is 35.5. The van der Waals surface area contributed by atoms with Crippen molar-refractivity contribution in [2.24, 2.45) is 7.05 Å². The first-order chi connectivity index (χ1) is 12.9. The number of aryl methyl sites for hydroxylation is 2. The van der Waals surface area contributed by atoms with Crippen molar-refractivity contribution in [3.63, 3.8) is 0 Å². The molecule has 0 saturated heterocycles. The molecule has 0 saturated carbocycles. The SMILES string of the molecule is CCc1cc(-c2cc([C@H](C)NC(=O)c3cc(C(F)F)nn3C)on2)ccn1.Cl. The van der Waals surface area contributed by atoms with E-state index in [0.717, 1.165) is 28.4 Å². The van der Waals surface area contributed by atoms with Crippen molar-refractivity contribution in [3.8, 4) is 11.3 Å². The maximum atomic E-state index is 12.7. The van der Waals surface area contributed by atoms with Gasteiger partial charge in [0.15, 0.2) is 5.76 Å². The molecule has 0 unspecified atom stereocenters. The van der Waals surface area contributed by atoms with Gasteiger partial charge in [0.1, 0.15) is 17.1 Å². The van der Waals surface area contributed by atoms with Crippen LogP contribution >= 0.6 is 12.4 Å². The number of hydrogen-bond donors (Lipinski definition) is 1. The lowest BCUT2D eigenvalue weighted by Gasteiger charge is -2.10. The summed E-state index contributed by atoms with van der Waals surface area (Å²) >= 11 is 0. The predicted molar refractivity (Wildman–Crippen MR) is 100 cm³/mol. The summed E-state index contributed by atoms with van der Waals surface area (Å²) in [6.07, 6.45) is -0.229. The Hall–Kier alpha value is -2.81. The van der Waals surface area contributed by atoms with Crippen molar-refractivity contribution in [3.05, 3.63) is 53.3 Å². The molecule has 0 spiro atoms. The van der Waals surface area contributed by atoms with Crippen LogP contribution in [0, 0.1) is 0 Å². The van der Waals surface area contributed by atoms with Gasteiger partial charge in [-0.25, -0.2) is 8.78 Å². The Balaban J connectivity index is 0.00000280. The fourth-order valence-corrected chi connectivity index (χ4v) is 2.61. The van der Waals surface area contributed by atoms with E-state index >= 15 is 0 Å². The summed E-state index contributed by atoms with van der Waals surface area (Å²) < 4.78 is 31.9. The average Bonchev–Trinajstić information content (AvgIpc) is 3.29. The fraction of sp³-hybridized carbons (Fsp3) is 0.333. The highest BCUT2D eigenvalue weighted by Gasteiger charge is 2.21. The third-order valence-electron chi connectivity index (χ3n) is 4.13. The van der Waals surface area contributed by atoms with Gasteiger partial charge in [0, 0.05) is 30.6 Å². The first-order valence-electron chi connectivity index (χ1n) is 8.44. The largest absolute Gasteiger partial charge is 0.359 e. The summed E-state index contributed by atoms with van der Waals surface area (Å²) in [7, 11) is 1.44. The van der Waals surface area contributed by atoms with Crippen molar-refractivity contribution in [1.82, 2.24) is 25.2 Å². The smallest absolute Gasteiger partial charge is 0.282 e. The molecule has 0 aliphatic carbocycles. The van der Waals surface area contributed by atoms with E-state index in [-0.39, 0.29) is 18.1 Å². The number of carbonyl (C=O) groups excluding carboxylic acids is 1. The summed E-state index contributed by atoms with van der Waals surface area (Å²) in [6, 6.07) is 6.05. The second-order valence-electron chi connectivity index (χ2n) is 6.08. The lowest BCUT2D eigenvalue weighted by Crippen LogP contribution is -2.28. The molecule has 0 aromatic carbocycles. The van der Waals surface area contributed by atoms with E-state index in [1.54, 1.807) is 19.2 Å². The lowest BCUT2D eigenvalue weighted by atomic mass is 10.1. The third-order valence-corrected chi connectivity index (χ3v) is 4.13. The zero-order chi connectivity index (χ0) is 19.6. The molecule has 3 aromatic rings. The number of rotatable bonds is 6. The molecule has 0 radical (unpaired) electrons. The zero-order valence-electron chi connectivity index (χ0n) is 15.5. The summed E-state index contributed by atoms with van der Waals surface area (Å²) in [5, 5.41) is 10.4. The van der Waals surface area contributed by atoms with Gasteiger partial charge in [-0.1, -0.05) is 12.1 Å². The van der Waals surface area contributed by atoms with Gasteiger partial charge >= 0.3 is 0 Å². The zero-order valence-corrected chi connectivity index (χ0v) is 16.3. The van der Waals surface area contributed by atoms with Crippen LogP contribution < -0.4 is 5.32 Å². The Labute approximate surface area is 166 Å². The molecule has 3 rings (SSSR count). The summed E-state index contributed by atoms with van der Waals surface area (Å²) in [5.74, 6) is -0.0796. The van der Waals surface area contributed by atoms with Crippen molar-refractivity contribution in [2.45, 2.75) is 32.7 Å². The van der Waals surface area contributed by atoms with E-state index in [1.165, 1.54) is 7.05 Å². The van der Waals surface area contributed by atoms with Gasteiger partial charge in [-0.2, -0.15) is 5.10 Å². The first-order valence-corrected chi connectivity index (χ1v) is 8.44. The second kappa shape index (κ2) is 8.92. The third kappa shape index (κ3) is 4.53. The molecule has 7 nitrogen and oxygen atoms in total. The molecule has 28 heavy (non-hydrogen) atoms. The van der Waals surface area contributed by atoms with Crippen LogP contribution in [0.15, 0.2) is 35.0 Å². The van der Waals surface area contributed by atoms with Crippen LogP contribution in [-0.2, 0) is 13.5 Å². The Morgan fingerprint density at radius 2 is 2.07 bits per heavy atom. The van der Waals surface area contributed by atoms with Gasteiger partial charge in [0.05, 0.1) is 6.04 Å². The number of pyridine rings is 1. The molecular formula is C18H20ClF2N5O2. The molecule has 150 valence electrons. The molecule has 1 atom stereocenters. The van der Waals surface area contributed by atoms with E-state index < -0.39 is 24.1 Å². The summed E-state index contributed by atoms with van der Waals surface area (Å²) in [5.41, 5.74) is 2.03. The van der Waals surface area contributed by atoms with Crippen LogP contribution in [0.4, 0.5) is 8.78 Å². The molecule has 3 heterocycles. The van der Waals surface area contributed by atoms with Crippen LogP contribution in [-0.4, -0.2) is 25.8 Å². The molecule has 1 N–H and O–H groups in total. The maximum Gasteiger partial charge on any atom is 0.282 e. The van der Waals surface area contributed by atoms with Gasteiger partial charge < -0.3 is 9.84 Å². The molecule has 3 aromatic heterocycles. The van der Waals surface area contributed by atoms with Gasteiger partial charge in [0.2, 0.25) is 0 Å². The van der Waals surface area contributed by atoms with Crippen LogP contribution in [0.5, 0.6) is 0 Å². The molecule has 0 aliphatic heterocycles. The van der Waals surface area contributed by atoms with E-state index in [4.69, 9.17) is 4.52 Å². The number of hydrogen-bond acceptors (Lipinski definition) is 5. The molecule has 0 aliphatic rings. The van der Waals surface area contributed by atoms with E-state index in [0.29, 0.717) is 11.5 Å². The molecule has 1 amide bonds. The minimum Gasteiger partial charge on any atom is -0.359 e. The maximum absolute atomic E-state index is 12.7. The fourth-order valence-electron chi connectivity index (χ4n) is 2.61. The highest BCUT2D eigenvalue weighted by molar-refractivity contribution is 5.92. The van der Waals surface area contributed by atoms with Crippen LogP contribution in [0.2, 0.25) is 0 Å². The Morgan fingerprint density at radius 3 is 2.71 bits per heavy atom. The first kappa shape index (κ1) is 21.5. The number of nitrogens with zero attached hydrogens (tertiary/aromatic N) is 4. The van der Waals surface area contributed by atoms with E-state index in [2.05, 4.69) is 20.6 Å². The average molecular weight is 412 g/mol. The molecule has 0 fully saturated rings. The summed E-state index contributed by atoms with van der Waals surface area (Å²) in [4.78, 5) is 16.6. The number of nitrogens with one attached hydrogen (secondary N) is 1. The Morgan fingerprint density at radius 1 is 1.32 bits per heavy atom. The minimum atomic E-state index is -2.74. The number of aromatic nitrogens is 4. The highest BCUT2D eigenvalue weighted by Crippen LogP contribution is 2.23. The number of alkyl halides is 2. The second-order valence-corrected chi connectivity index (χ2v) is 6.08. The Bertz CT molecular complexity index is 957. The Kier molecular flexibility index (Phi) is 6.85. The van der Waals surface area contributed by atoms with E-state index in [1.807, 2.05) is 19.1 Å². The van der Waals surface area contributed by atoms with Gasteiger partial charge in [-0.05, 0) is 31.5 Å². The van der Waals surface area contributed by atoms with Crippen molar-refractivity contribution in [1.29, 1.82) is 0 Å². The van der Waals surface area contributed by atoms with E-state index in [9.17, 15) is 13.6 Å². The molecule has 10 heteroatoms.